The van der Waals surface area contributed by atoms with Crippen LogP contribution in [0.15, 0.2) is 0 Å². The van der Waals surface area contributed by atoms with Gasteiger partial charge in [-0.25, -0.2) is 9.59 Å². The molecule has 108 valence electrons. The molecule has 0 aromatic heterocycles. The Kier molecular flexibility index (Phi) is 3.74. The van der Waals surface area contributed by atoms with Gasteiger partial charge in [-0.1, -0.05) is 6.42 Å². The van der Waals surface area contributed by atoms with Gasteiger partial charge in [-0.3, -0.25) is 0 Å². The average molecular weight is 268 g/mol. The summed E-state index contributed by atoms with van der Waals surface area (Å²) in [7, 11) is 0. The summed E-state index contributed by atoms with van der Waals surface area (Å²) >= 11 is 0. The van der Waals surface area contributed by atoms with Crippen LogP contribution in [-0.4, -0.2) is 52.1 Å². The number of rotatable bonds is 3. The molecule has 0 bridgehead atoms. The van der Waals surface area contributed by atoms with Gasteiger partial charge in [0.05, 0.1) is 0 Å². The van der Waals surface area contributed by atoms with E-state index in [9.17, 15) is 14.7 Å². The summed E-state index contributed by atoms with van der Waals surface area (Å²) in [5, 5.41) is 9.28. The monoisotopic (exact) mass is 268 g/mol. The molecule has 19 heavy (non-hydrogen) atoms. The largest absolute Gasteiger partial charge is 0.480 e. The zero-order chi connectivity index (χ0) is 14.2. The molecule has 5 nitrogen and oxygen atoms in total. The first kappa shape index (κ1) is 14.2. The fraction of sp³-hybridized carbons (Fsp3) is 0.857. The van der Waals surface area contributed by atoms with E-state index in [4.69, 9.17) is 0 Å². The van der Waals surface area contributed by atoms with Gasteiger partial charge >= 0.3 is 12.0 Å². The van der Waals surface area contributed by atoms with Crippen molar-refractivity contribution in [1.82, 2.24) is 9.80 Å². The highest BCUT2D eigenvalue weighted by Crippen LogP contribution is 2.38. The SMILES string of the molecule is CCN(C(=O)N1CC2CCCC2C1)C(C)(C)C(=O)O. The topological polar surface area (TPSA) is 60.9 Å². The minimum atomic E-state index is -1.15. The number of amides is 2. The molecule has 1 saturated heterocycles. The first-order valence-corrected chi connectivity index (χ1v) is 7.17. The van der Waals surface area contributed by atoms with Crippen LogP contribution in [0.2, 0.25) is 0 Å². The van der Waals surface area contributed by atoms with E-state index in [-0.39, 0.29) is 6.03 Å². The molecule has 1 aliphatic heterocycles. The van der Waals surface area contributed by atoms with Crippen molar-refractivity contribution in [3.63, 3.8) is 0 Å². The number of likely N-dealkylation sites (tertiary alicyclic amines) is 1. The lowest BCUT2D eigenvalue weighted by Gasteiger charge is -2.37. The number of carbonyl (C=O) groups excluding carboxylic acids is 1. The first-order valence-electron chi connectivity index (χ1n) is 7.17. The van der Waals surface area contributed by atoms with Gasteiger partial charge in [-0.05, 0) is 45.4 Å². The van der Waals surface area contributed by atoms with Crippen molar-refractivity contribution in [3.05, 3.63) is 0 Å². The van der Waals surface area contributed by atoms with Gasteiger partial charge < -0.3 is 14.9 Å². The molecular formula is C14H24N2O3. The number of urea groups is 1. The molecule has 0 radical (unpaired) electrons. The van der Waals surface area contributed by atoms with E-state index < -0.39 is 11.5 Å². The maximum atomic E-state index is 12.5. The van der Waals surface area contributed by atoms with Gasteiger partial charge in [0.2, 0.25) is 0 Å². The Morgan fingerprint density at radius 1 is 1.26 bits per heavy atom. The van der Waals surface area contributed by atoms with E-state index in [1.54, 1.807) is 13.8 Å². The van der Waals surface area contributed by atoms with Crippen LogP contribution >= 0.6 is 0 Å². The van der Waals surface area contributed by atoms with E-state index in [0.717, 1.165) is 13.1 Å². The summed E-state index contributed by atoms with van der Waals surface area (Å²) < 4.78 is 0. The fourth-order valence-corrected chi connectivity index (χ4v) is 3.45. The highest BCUT2D eigenvalue weighted by molar-refractivity contribution is 5.85. The Balaban J connectivity index is 2.08. The number of carboxylic acids is 1. The third-order valence-electron chi connectivity index (χ3n) is 4.74. The third kappa shape index (κ3) is 2.42. The lowest BCUT2D eigenvalue weighted by Crippen LogP contribution is -2.56. The maximum absolute atomic E-state index is 12.5. The minimum Gasteiger partial charge on any atom is -0.480 e. The molecule has 2 unspecified atom stereocenters. The highest BCUT2D eigenvalue weighted by atomic mass is 16.4. The molecule has 0 spiro atoms. The molecule has 1 N–H and O–H groups in total. The summed E-state index contributed by atoms with van der Waals surface area (Å²) in [6.07, 6.45) is 3.70. The zero-order valence-electron chi connectivity index (χ0n) is 12.1. The Labute approximate surface area is 114 Å². The van der Waals surface area contributed by atoms with Crippen LogP contribution in [-0.2, 0) is 4.79 Å². The van der Waals surface area contributed by atoms with E-state index in [1.807, 2.05) is 11.8 Å². The summed E-state index contributed by atoms with van der Waals surface area (Å²) in [6.45, 7) is 7.04. The third-order valence-corrected chi connectivity index (χ3v) is 4.74. The van der Waals surface area contributed by atoms with Crippen molar-refractivity contribution in [2.24, 2.45) is 11.8 Å². The van der Waals surface area contributed by atoms with Crippen LogP contribution in [0.1, 0.15) is 40.0 Å². The highest BCUT2D eigenvalue weighted by Gasteiger charge is 2.43. The summed E-state index contributed by atoms with van der Waals surface area (Å²) in [5.74, 6) is 0.313. The molecule has 1 aliphatic carbocycles. The molecule has 2 atom stereocenters. The number of fused-ring (bicyclic) bond motifs is 1. The fourth-order valence-electron chi connectivity index (χ4n) is 3.45. The molecule has 0 aromatic rings. The van der Waals surface area contributed by atoms with Crippen molar-refractivity contribution < 1.29 is 14.7 Å². The molecule has 2 amide bonds. The number of aliphatic carboxylic acids is 1. The molecule has 2 rings (SSSR count). The Bertz CT molecular complexity index is 369. The van der Waals surface area contributed by atoms with Gasteiger partial charge in [0, 0.05) is 19.6 Å². The van der Waals surface area contributed by atoms with E-state index in [2.05, 4.69) is 0 Å². The second-order valence-electron chi connectivity index (χ2n) is 6.25. The molecule has 2 fully saturated rings. The van der Waals surface area contributed by atoms with Crippen LogP contribution in [0, 0.1) is 11.8 Å². The Morgan fingerprint density at radius 2 is 1.79 bits per heavy atom. The Hall–Kier alpha value is -1.26. The summed E-state index contributed by atoms with van der Waals surface area (Å²) in [6, 6.07) is -0.121. The van der Waals surface area contributed by atoms with Crippen LogP contribution in [0.3, 0.4) is 0 Å². The van der Waals surface area contributed by atoms with Gasteiger partial charge in [-0.15, -0.1) is 0 Å². The number of carboxylic acid groups (broad SMARTS) is 1. The zero-order valence-corrected chi connectivity index (χ0v) is 12.1. The number of likely N-dealkylation sites (N-methyl/N-ethyl adjacent to an activating group) is 1. The lowest BCUT2D eigenvalue weighted by molar-refractivity contribution is -0.147. The molecule has 2 aliphatic rings. The number of nitrogens with zero attached hydrogens (tertiary/aromatic N) is 2. The molecule has 1 saturated carbocycles. The standard InChI is InChI=1S/C14H24N2O3/c1-4-16(14(2,3)12(17)18)13(19)15-8-10-6-5-7-11(10)9-15/h10-11H,4-9H2,1-3H3,(H,17,18). The predicted octanol–water partition coefficient (Wildman–Crippen LogP) is 2.02. The van der Waals surface area contributed by atoms with Crippen LogP contribution in [0.4, 0.5) is 4.79 Å². The molecular weight excluding hydrogens is 244 g/mol. The smallest absolute Gasteiger partial charge is 0.329 e. The van der Waals surface area contributed by atoms with Crippen LogP contribution < -0.4 is 0 Å². The minimum absolute atomic E-state index is 0.121. The number of hydrogen-bond acceptors (Lipinski definition) is 2. The summed E-state index contributed by atoms with van der Waals surface area (Å²) in [5.41, 5.74) is -1.15. The number of hydrogen-bond donors (Lipinski definition) is 1. The van der Waals surface area contributed by atoms with Crippen molar-refractivity contribution >= 4 is 12.0 Å². The van der Waals surface area contributed by atoms with E-state index in [1.165, 1.54) is 24.2 Å². The van der Waals surface area contributed by atoms with Crippen molar-refractivity contribution in [3.8, 4) is 0 Å². The summed E-state index contributed by atoms with van der Waals surface area (Å²) in [4.78, 5) is 27.2. The average Bonchev–Trinajstić information content (AvgIpc) is 2.88. The van der Waals surface area contributed by atoms with Crippen molar-refractivity contribution in [2.45, 2.75) is 45.6 Å². The number of carbonyl (C=O) groups is 2. The second-order valence-corrected chi connectivity index (χ2v) is 6.25. The van der Waals surface area contributed by atoms with Crippen LogP contribution in [0.25, 0.3) is 0 Å². The normalized spacial score (nSPS) is 26.4. The van der Waals surface area contributed by atoms with E-state index in [0.29, 0.717) is 18.4 Å². The molecule has 1 heterocycles. The maximum Gasteiger partial charge on any atom is 0.329 e. The van der Waals surface area contributed by atoms with Crippen LogP contribution in [0.5, 0.6) is 0 Å². The van der Waals surface area contributed by atoms with Gasteiger partial charge in [0.15, 0.2) is 0 Å². The first-order chi connectivity index (χ1) is 8.87. The van der Waals surface area contributed by atoms with Gasteiger partial charge in [-0.2, -0.15) is 0 Å². The molecule has 5 heteroatoms. The van der Waals surface area contributed by atoms with Gasteiger partial charge in [0.25, 0.3) is 0 Å². The van der Waals surface area contributed by atoms with Crippen molar-refractivity contribution in [1.29, 1.82) is 0 Å². The van der Waals surface area contributed by atoms with Gasteiger partial charge in [0.1, 0.15) is 5.54 Å². The quantitative estimate of drug-likeness (QED) is 0.852. The van der Waals surface area contributed by atoms with E-state index >= 15 is 0 Å². The molecule has 0 aromatic carbocycles. The Morgan fingerprint density at radius 3 is 2.21 bits per heavy atom. The predicted molar refractivity (Wildman–Crippen MR) is 71.9 cm³/mol. The lowest BCUT2D eigenvalue weighted by atomic mass is 10.0. The van der Waals surface area contributed by atoms with Crippen molar-refractivity contribution in [2.75, 3.05) is 19.6 Å². The second kappa shape index (κ2) is 5.02.